The summed E-state index contributed by atoms with van der Waals surface area (Å²) in [6.07, 6.45) is 6.43. The SMILES string of the molecule is CC(=O)c1sc(NC2CCCCC2)nc1C. The van der Waals surface area contributed by atoms with E-state index in [4.69, 9.17) is 0 Å². The zero-order valence-corrected chi connectivity index (χ0v) is 10.7. The Labute approximate surface area is 100 Å². The molecule has 0 saturated heterocycles. The fourth-order valence-corrected chi connectivity index (χ4v) is 3.14. The molecule has 2 rings (SSSR count). The predicted molar refractivity (Wildman–Crippen MR) is 67.4 cm³/mol. The second-order valence-corrected chi connectivity index (χ2v) is 5.47. The van der Waals surface area contributed by atoms with Gasteiger partial charge in [-0.3, -0.25) is 4.79 Å². The van der Waals surface area contributed by atoms with Gasteiger partial charge in [0.1, 0.15) is 0 Å². The van der Waals surface area contributed by atoms with Crippen molar-refractivity contribution in [3.05, 3.63) is 10.6 Å². The maximum atomic E-state index is 11.3. The van der Waals surface area contributed by atoms with Gasteiger partial charge in [0.25, 0.3) is 0 Å². The van der Waals surface area contributed by atoms with E-state index in [9.17, 15) is 4.79 Å². The lowest BCUT2D eigenvalue weighted by Crippen LogP contribution is -2.21. The molecule has 0 spiro atoms. The van der Waals surface area contributed by atoms with Crippen molar-refractivity contribution in [1.29, 1.82) is 0 Å². The Morgan fingerprint density at radius 2 is 2.06 bits per heavy atom. The minimum atomic E-state index is 0.117. The minimum absolute atomic E-state index is 0.117. The van der Waals surface area contributed by atoms with Gasteiger partial charge in [0.05, 0.1) is 10.6 Å². The molecule has 4 heteroatoms. The van der Waals surface area contributed by atoms with E-state index in [1.807, 2.05) is 6.92 Å². The highest BCUT2D eigenvalue weighted by molar-refractivity contribution is 7.17. The number of Topliss-reactive ketones (excluding diaryl/α,β-unsaturated/α-hetero) is 1. The van der Waals surface area contributed by atoms with Gasteiger partial charge in [0, 0.05) is 13.0 Å². The summed E-state index contributed by atoms with van der Waals surface area (Å²) >= 11 is 1.49. The molecule has 0 aliphatic heterocycles. The molecule has 1 N–H and O–H groups in total. The molecule has 88 valence electrons. The zero-order chi connectivity index (χ0) is 11.5. The molecule has 0 atom stereocenters. The summed E-state index contributed by atoms with van der Waals surface area (Å²) in [7, 11) is 0. The molecule has 0 amide bonds. The molecule has 0 unspecified atom stereocenters. The van der Waals surface area contributed by atoms with Crippen molar-refractivity contribution in [3.63, 3.8) is 0 Å². The number of thiazole rings is 1. The van der Waals surface area contributed by atoms with Gasteiger partial charge in [-0.1, -0.05) is 30.6 Å². The number of nitrogens with one attached hydrogen (secondary N) is 1. The number of anilines is 1. The van der Waals surface area contributed by atoms with Crippen molar-refractivity contribution in [2.24, 2.45) is 0 Å². The third-order valence-corrected chi connectivity index (χ3v) is 4.24. The summed E-state index contributed by atoms with van der Waals surface area (Å²) in [4.78, 5) is 16.5. The lowest BCUT2D eigenvalue weighted by molar-refractivity contribution is 0.102. The third-order valence-electron chi connectivity index (χ3n) is 3.05. The molecular formula is C12H18N2OS. The van der Waals surface area contributed by atoms with Crippen LogP contribution >= 0.6 is 11.3 Å². The molecule has 1 fully saturated rings. The van der Waals surface area contributed by atoms with Crippen molar-refractivity contribution in [1.82, 2.24) is 4.98 Å². The maximum absolute atomic E-state index is 11.3. The number of ketones is 1. The Kier molecular flexibility index (Phi) is 3.59. The van der Waals surface area contributed by atoms with Gasteiger partial charge in [-0.25, -0.2) is 4.98 Å². The molecule has 0 aromatic carbocycles. The molecule has 1 aliphatic rings. The largest absolute Gasteiger partial charge is 0.359 e. The Bertz CT molecular complexity index is 380. The zero-order valence-electron chi connectivity index (χ0n) is 9.88. The highest BCUT2D eigenvalue weighted by Gasteiger charge is 2.16. The summed E-state index contributed by atoms with van der Waals surface area (Å²) in [5.41, 5.74) is 0.857. The topological polar surface area (TPSA) is 42.0 Å². The van der Waals surface area contributed by atoms with Crippen LogP contribution in [0.2, 0.25) is 0 Å². The molecule has 16 heavy (non-hydrogen) atoms. The fraction of sp³-hybridized carbons (Fsp3) is 0.667. The Balaban J connectivity index is 2.03. The van der Waals surface area contributed by atoms with Crippen molar-refractivity contribution in [3.8, 4) is 0 Å². The number of carbonyl (C=O) groups excluding carboxylic acids is 1. The number of nitrogens with zero attached hydrogens (tertiary/aromatic N) is 1. The second-order valence-electron chi connectivity index (χ2n) is 4.47. The average molecular weight is 238 g/mol. The first-order valence-corrected chi connectivity index (χ1v) is 6.73. The van der Waals surface area contributed by atoms with Gasteiger partial charge in [-0.15, -0.1) is 0 Å². The van der Waals surface area contributed by atoms with Crippen LogP contribution in [0.4, 0.5) is 5.13 Å². The monoisotopic (exact) mass is 238 g/mol. The van der Waals surface area contributed by atoms with Crippen LogP contribution in [0.5, 0.6) is 0 Å². The number of hydrogen-bond acceptors (Lipinski definition) is 4. The van der Waals surface area contributed by atoms with Gasteiger partial charge in [0.15, 0.2) is 10.9 Å². The molecule has 1 aliphatic carbocycles. The number of hydrogen-bond donors (Lipinski definition) is 1. The Morgan fingerprint density at radius 3 is 2.62 bits per heavy atom. The van der Waals surface area contributed by atoms with Crippen LogP contribution < -0.4 is 5.32 Å². The van der Waals surface area contributed by atoms with E-state index in [0.29, 0.717) is 6.04 Å². The van der Waals surface area contributed by atoms with Crippen LogP contribution in [-0.2, 0) is 0 Å². The molecule has 0 bridgehead atoms. The molecule has 1 aromatic rings. The predicted octanol–water partition coefficient (Wildman–Crippen LogP) is 3.40. The number of rotatable bonds is 3. The third kappa shape index (κ3) is 2.61. The number of carbonyl (C=O) groups is 1. The summed E-state index contributed by atoms with van der Waals surface area (Å²) in [6.45, 7) is 3.50. The van der Waals surface area contributed by atoms with Crippen LogP contribution in [-0.4, -0.2) is 16.8 Å². The van der Waals surface area contributed by atoms with Gasteiger partial charge in [0.2, 0.25) is 0 Å². The molecule has 1 saturated carbocycles. The van der Waals surface area contributed by atoms with Crippen molar-refractivity contribution >= 4 is 22.3 Å². The summed E-state index contributed by atoms with van der Waals surface area (Å²) in [6, 6.07) is 0.555. The smallest absolute Gasteiger partial charge is 0.183 e. The lowest BCUT2D eigenvalue weighted by Gasteiger charge is -2.22. The average Bonchev–Trinajstić information content (AvgIpc) is 2.61. The lowest BCUT2D eigenvalue weighted by atomic mass is 9.96. The van der Waals surface area contributed by atoms with Crippen LogP contribution in [0.1, 0.15) is 54.4 Å². The quantitative estimate of drug-likeness (QED) is 0.821. The van der Waals surface area contributed by atoms with E-state index in [1.165, 1.54) is 43.4 Å². The van der Waals surface area contributed by atoms with E-state index >= 15 is 0 Å². The Hall–Kier alpha value is -0.900. The summed E-state index contributed by atoms with van der Waals surface area (Å²) < 4.78 is 0. The molecule has 3 nitrogen and oxygen atoms in total. The van der Waals surface area contributed by atoms with E-state index in [1.54, 1.807) is 6.92 Å². The first kappa shape index (κ1) is 11.6. The molecule has 0 radical (unpaired) electrons. The molecular weight excluding hydrogens is 220 g/mol. The molecule has 1 heterocycles. The van der Waals surface area contributed by atoms with Crippen LogP contribution in [0.3, 0.4) is 0 Å². The molecule has 1 aromatic heterocycles. The van der Waals surface area contributed by atoms with Gasteiger partial charge in [-0.05, 0) is 19.8 Å². The van der Waals surface area contributed by atoms with Crippen molar-refractivity contribution in [2.45, 2.75) is 52.0 Å². The van der Waals surface area contributed by atoms with Crippen molar-refractivity contribution < 1.29 is 4.79 Å². The normalized spacial score (nSPS) is 17.4. The van der Waals surface area contributed by atoms with E-state index in [0.717, 1.165) is 15.7 Å². The van der Waals surface area contributed by atoms with Gasteiger partial charge >= 0.3 is 0 Å². The fourth-order valence-electron chi connectivity index (χ4n) is 2.21. The van der Waals surface area contributed by atoms with Crippen LogP contribution in [0.25, 0.3) is 0 Å². The van der Waals surface area contributed by atoms with E-state index in [-0.39, 0.29) is 5.78 Å². The first-order chi connectivity index (χ1) is 7.66. The second kappa shape index (κ2) is 4.95. The highest BCUT2D eigenvalue weighted by atomic mass is 32.1. The Morgan fingerprint density at radius 1 is 1.38 bits per heavy atom. The minimum Gasteiger partial charge on any atom is -0.359 e. The van der Waals surface area contributed by atoms with E-state index < -0.39 is 0 Å². The standard InChI is InChI=1S/C12H18N2OS/c1-8-11(9(2)15)16-12(13-8)14-10-6-4-3-5-7-10/h10H,3-7H2,1-2H3,(H,13,14). The summed E-state index contributed by atoms with van der Waals surface area (Å²) in [5.74, 6) is 0.117. The van der Waals surface area contributed by atoms with E-state index in [2.05, 4.69) is 10.3 Å². The maximum Gasteiger partial charge on any atom is 0.183 e. The number of aromatic nitrogens is 1. The first-order valence-electron chi connectivity index (χ1n) is 5.91. The van der Waals surface area contributed by atoms with Crippen LogP contribution in [0.15, 0.2) is 0 Å². The van der Waals surface area contributed by atoms with Gasteiger partial charge in [-0.2, -0.15) is 0 Å². The number of aryl methyl sites for hydroxylation is 1. The summed E-state index contributed by atoms with van der Waals surface area (Å²) in [5, 5.41) is 4.36. The van der Waals surface area contributed by atoms with Crippen molar-refractivity contribution in [2.75, 3.05) is 5.32 Å². The van der Waals surface area contributed by atoms with Gasteiger partial charge < -0.3 is 5.32 Å². The van der Waals surface area contributed by atoms with Crippen LogP contribution in [0, 0.1) is 6.92 Å². The highest BCUT2D eigenvalue weighted by Crippen LogP contribution is 2.27.